The first kappa shape index (κ1) is 16.7. The molecule has 0 radical (unpaired) electrons. The fourth-order valence-corrected chi connectivity index (χ4v) is 3.39. The summed E-state index contributed by atoms with van der Waals surface area (Å²) in [4.78, 5) is 16.3. The van der Waals surface area contributed by atoms with Crippen molar-refractivity contribution in [3.8, 4) is 5.88 Å². The van der Waals surface area contributed by atoms with Crippen LogP contribution in [0.25, 0.3) is 0 Å². The topological polar surface area (TPSA) is 88.6 Å². The SMILES string of the molecule is COc1ncccc1CNC(=O)C1CCN(S(C)(=O)=O)CC1. The van der Waals surface area contributed by atoms with E-state index >= 15 is 0 Å². The van der Waals surface area contributed by atoms with E-state index < -0.39 is 10.0 Å². The number of aromatic nitrogens is 1. The predicted octanol–water partition coefficient (Wildman–Crippen LogP) is 0.378. The van der Waals surface area contributed by atoms with Crippen molar-refractivity contribution in [1.82, 2.24) is 14.6 Å². The van der Waals surface area contributed by atoms with E-state index in [0.29, 0.717) is 38.4 Å². The lowest BCUT2D eigenvalue weighted by Gasteiger charge is -2.29. The predicted molar refractivity (Wildman–Crippen MR) is 81.8 cm³/mol. The lowest BCUT2D eigenvalue weighted by atomic mass is 9.97. The Morgan fingerprint density at radius 1 is 1.45 bits per heavy atom. The summed E-state index contributed by atoms with van der Waals surface area (Å²) in [5.41, 5.74) is 0.812. The molecule has 0 aromatic carbocycles. The Morgan fingerprint density at radius 2 is 2.14 bits per heavy atom. The molecule has 122 valence electrons. The van der Waals surface area contributed by atoms with Gasteiger partial charge in [0.15, 0.2) is 0 Å². The minimum Gasteiger partial charge on any atom is -0.481 e. The minimum atomic E-state index is -3.16. The molecule has 2 heterocycles. The van der Waals surface area contributed by atoms with E-state index in [1.165, 1.54) is 17.7 Å². The Kier molecular flexibility index (Phi) is 5.36. The van der Waals surface area contributed by atoms with Crippen molar-refractivity contribution in [2.45, 2.75) is 19.4 Å². The molecule has 1 aromatic rings. The van der Waals surface area contributed by atoms with Crippen LogP contribution < -0.4 is 10.1 Å². The van der Waals surface area contributed by atoms with Crippen molar-refractivity contribution in [3.63, 3.8) is 0 Å². The van der Waals surface area contributed by atoms with Crippen LogP contribution in [0.15, 0.2) is 18.3 Å². The number of amides is 1. The van der Waals surface area contributed by atoms with Crippen LogP contribution in [0, 0.1) is 5.92 Å². The molecule has 0 saturated carbocycles. The Hall–Kier alpha value is -1.67. The fourth-order valence-electron chi connectivity index (χ4n) is 2.52. The molecule has 1 aliphatic heterocycles. The molecular formula is C14H21N3O4S. The zero-order valence-electron chi connectivity index (χ0n) is 12.8. The maximum atomic E-state index is 12.2. The molecule has 0 spiro atoms. The molecule has 0 unspecified atom stereocenters. The molecule has 8 heteroatoms. The highest BCUT2D eigenvalue weighted by atomic mass is 32.2. The smallest absolute Gasteiger partial charge is 0.223 e. The number of hydrogen-bond donors (Lipinski definition) is 1. The Morgan fingerprint density at radius 3 is 2.73 bits per heavy atom. The third-order valence-electron chi connectivity index (χ3n) is 3.79. The second-order valence-electron chi connectivity index (χ2n) is 5.33. The number of piperidine rings is 1. The summed E-state index contributed by atoms with van der Waals surface area (Å²) in [5, 5.41) is 2.87. The van der Waals surface area contributed by atoms with Crippen LogP contribution in [0.1, 0.15) is 18.4 Å². The molecule has 1 fully saturated rings. The lowest BCUT2D eigenvalue weighted by Crippen LogP contribution is -2.42. The van der Waals surface area contributed by atoms with E-state index in [1.807, 2.05) is 6.07 Å². The first-order valence-corrected chi connectivity index (χ1v) is 8.97. The van der Waals surface area contributed by atoms with E-state index in [9.17, 15) is 13.2 Å². The minimum absolute atomic E-state index is 0.0564. The largest absolute Gasteiger partial charge is 0.481 e. The summed E-state index contributed by atoms with van der Waals surface area (Å²) in [5.74, 6) is 0.286. The van der Waals surface area contributed by atoms with Crippen molar-refractivity contribution in [2.24, 2.45) is 5.92 Å². The number of rotatable bonds is 5. The van der Waals surface area contributed by atoms with E-state index in [-0.39, 0.29) is 11.8 Å². The molecule has 22 heavy (non-hydrogen) atoms. The van der Waals surface area contributed by atoms with Gasteiger partial charge in [0.25, 0.3) is 0 Å². The zero-order chi connectivity index (χ0) is 16.2. The molecular weight excluding hydrogens is 306 g/mol. The Bertz CT molecular complexity index is 625. The molecule has 0 bridgehead atoms. The van der Waals surface area contributed by atoms with Gasteiger partial charge in [0.1, 0.15) is 0 Å². The van der Waals surface area contributed by atoms with Crippen molar-refractivity contribution in [3.05, 3.63) is 23.9 Å². The van der Waals surface area contributed by atoms with Crippen molar-refractivity contribution < 1.29 is 17.9 Å². The van der Waals surface area contributed by atoms with Gasteiger partial charge in [-0.3, -0.25) is 4.79 Å². The van der Waals surface area contributed by atoms with Crippen LogP contribution in [0.5, 0.6) is 5.88 Å². The van der Waals surface area contributed by atoms with Gasteiger partial charge >= 0.3 is 0 Å². The average Bonchev–Trinajstić information content (AvgIpc) is 2.52. The van der Waals surface area contributed by atoms with Gasteiger partial charge in [-0.15, -0.1) is 0 Å². The highest BCUT2D eigenvalue weighted by molar-refractivity contribution is 7.88. The Balaban J connectivity index is 1.86. The van der Waals surface area contributed by atoms with E-state index in [1.54, 1.807) is 12.3 Å². The van der Waals surface area contributed by atoms with Gasteiger partial charge in [-0.05, 0) is 18.9 Å². The van der Waals surface area contributed by atoms with Crippen molar-refractivity contribution in [2.75, 3.05) is 26.5 Å². The standard InChI is InChI=1S/C14H21N3O4S/c1-21-14-12(4-3-7-15-14)10-16-13(18)11-5-8-17(9-6-11)22(2,19)20/h3-4,7,11H,5-6,8-10H2,1-2H3,(H,16,18). The summed E-state index contributed by atoms with van der Waals surface area (Å²) in [6.45, 7) is 1.14. The third kappa shape index (κ3) is 4.17. The normalized spacial score (nSPS) is 17.2. The third-order valence-corrected chi connectivity index (χ3v) is 5.09. The molecule has 1 saturated heterocycles. The quantitative estimate of drug-likeness (QED) is 0.844. The zero-order valence-corrected chi connectivity index (χ0v) is 13.6. The van der Waals surface area contributed by atoms with Crippen molar-refractivity contribution >= 4 is 15.9 Å². The monoisotopic (exact) mass is 327 g/mol. The van der Waals surface area contributed by atoms with Gasteiger partial charge in [0.05, 0.1) is 13.4 Å². The van der Waals surface area contributed by atoms with E-state index in [4.69, 9.17) is 4.74 Å². The maximum Gasteiger partial charge on any atom is 0.223 e. The summed E-state index contributed by atoms with van der Waals surface area (Å²) in [6.07, 6.45) is 3.92. The maximum absolute atomic E-state index is 12.2. The van der Waals surface area contributed by atoms with Crippen LogP contribution in [0.2, 0.25) is 0 Å². The molecule has 0 atom stereocenters. The lowest BCUT2D eigenvalue weighted by molar-refractivity contribution is -0.126. The molecule has 1 amide bonds. The van der Waals surface area contributed by atoms with Crippen LogP contribution >= 0.6 is 0 Å². The molecule has 7 nitrogen and oxygen atoms in total. The number of methoxy groups -OCH3 is 1. The molecule has 0 aliphatic carbocycles. The van der Waals surface area contributed by atoms with Gasteiger partial charge in [0.2, 0.25) is 21.8 Å². The van der Waals surface area contributed by atoms with Crippen molar-refractivity contribution in [1.29, 1.82) is 0 Å². The Labute approximate surface area is 130 Å². The first-order chi connectivity index (χ1) is 10.4. The molecule has 1 aliphatic rings. The summed E-state index contributed by atoms with van der Waals surface area (Å²) < 4.78 is 29.5. The van der Waals surface area contributed by atoms with Crippen LogP contribution in [-0.2, 0) is 21.4 Å². The number of nitrogens with one attached hydrogen (secondary N) is 1. The second-order valence-corrected chi connectivity index (χ2v) is 7.31. The van der Waals surface area contributed by atoms with Gasteiger partial charge in [0, 0.05) is 37.3 Å². The van der Waals surface area contributed by atoms with Crippen LogP contribution in [0.3, 0.4) is 0 Å². The molecule has 2 rings (SSSR count). The second kappa shape index (κ2) is 7.06. The summed E-state index contributed by atoms with van der Waals surface area (Å²) in [6, 6.07) is 3.63. The molecule has 1 aromatic heterocycles. The highest BCUT2D eigenvalue weighted by Crippen LogP contribution is 2.20. The number of hydrogen-bond acceptors (Lipinski definition) is 5. The highest BCUT2D eigenvalue weighted by Gasteiger charge is 2.28. The first-order valence-electron chi connectivity index (χ1n) is 7.12. The van der Waals surface area contributed by atoms with Gasteiger partial charge in [-0.1, -0.05) is 6.07 Å². The molecule has 1 N–H and O–H groups in total. The number of nitrogens with zero attached hydrogens (tertiary/aromatic N) is 2. The fraction of sp³-hybridized carbons (Fsp3) is 0.571. The number of carbonyl (C=O) groups is 1. The summed E-state index contributed by atoms with van der Waals surface area (Å²) in [7, 11) is -1.63. The average molecular weight is 327 g/mol. The van der Waals surface area contributed by atoms with E-state index in [0.717, 1.165) is 5.56 Å². The number of sulfonamides is 1. The van der Waals surface area contributed by atoms with Gasteiger partial charge < -0.3 is 10.1 Å². The number of carbonyl (C=O) groups excluding carboxylic acids is 1. The number of pyridine rings is 1. The van der Waals surface area contributed by atoms with Crippen LogP contribution in [-0.4, -0.2) is 50.1 Å². The van der Waals surface area contributed by atoms with E-state index in [2.05, 4.69) is 10.3 Å². The number of ether oxygens (including phenoxy) is 1. The van der Waals surface area contributed by atoms with Gasteiger partial charge in [-0.25, -0.2) is 17.7 Å². The summed E-state index contributed by atoms with van der Waals surface area (Å²) >= 11 is 0. The van der Waals surface area contributed by atoms with Crippen LogP contribution in [0.4, 0.5) is 0 Å². The van der Waals surface area contributed by atoms with Gasteiger partial charge in [-0.2, -0.15) is 0 Å².